The Morgan fingerprint density at radius 2 is 1.85 bits per heavy atom. The zero-order chi connectivity index (χ0) is 9.64. The first-order valence-electron chi connectivity index (χ1n) is 4.71. The molecule has 0 bridgehead atoms. The van der Waals surface area contributed by atoms with Crippen molar-refractivity contribution in [1.29, 1.82) is 0 Å². The van der Waals surface area contributed by atoms with Gasteiger partial charge in [-0.25, -0.2) is 0 Å². The second kappa shape index (κ2) is 2.92. The van der Waals surface area contributed by atoms with Crippen LogP contribution in [0.5, 0.6) is 0 Å². The highest BCUT2D eigenvalue weighted by Gasteiger charge is 2.49. The molecule has 4 unspecified atom stereocenters. The van der Waals surface area contributed by atoms with Gasteiger partial charge in [-0.15, -0.1) is 0 Å². The Kier molecular flexibility index (Phi) is 2.11. The molecule has 4 heteroatoms. The lowest BCUT2D eigenvalue weighted by atomic mass is 9.90. The number of rotatable bonds is 0. The predicted octanol–water partition coefficient (Wildman–Crippen LogP) is 0.0221. The van der Waals surface area contributed by atoms with Crippen molar-refractivity contribution in [1.82, 2.24) is 0 Å². The summed E-state index contributed by atoms with van der Waals surface area (Å²) in [7, 11) is 0. The largest absolute Gasteiger partial charge is 0.390 e. The van der Waals surface area contributed by atoms with E-state index in [-0.39, 0.29) is 12.2 Å². The van der Waals surface area contributed by atoms with Gasteiger partial charge in [-0.1, -0.05) is 0 Å². The van der Waals surface area contributed by atoms with Gasteiger partial charge in [0.25, 0.3) is 0 Å². The molecular weight excluding hydrogens is 172 g/mol. The van der Waals surface area contributed by atoms with Gasteiger partial charge >= 0.3 is 0 Å². The summed E-state index contributed by atoms with van der Waals surface area (Å²) in [5.41, 5.74) is 0. The Morgan fingerprint density at radius 3 is 2.54 bits per heavy atom. The third-order valence-corrected chi connectivity index (χ3v) is 2.70. The molecule has 1 saturated carbocycles. The molecule has 0 spiro atoms. The lowest BCUT2D eigenvalue weighted by molar-refractivity contribution is -0.159. The number of aliphatic hydroxyl groups is 2. The van der Waals surface area contributed by atoms with Crippen molar-refractivity contribution in [2.45, 2.75) is 56.9 Å². The monoisotopic (exact) mass is 188 g/mol. The summed E-state index contributed by atoms with van der Waals surface area (Å²) in [6, 6.07) is 0. The van der Waals surface area contributed by atoms with Crippen molar-refractivity contribution in [3.63, 3.8) is 0 Å². The molecule has 4 atom stereocenters. The third-order valence-electron chi connectivity index (χ3n) is 2.70. The number of ether oxygens (including phenoxy) is 2. The van der Waals surface area contributed by atoms with Crippen LogP contribution in [-0.2, 0) is 9.47 Å². The van der Waals surface area contributed by atoms with Crippen LogP contribution in [-0.4, -0.2) is 40.4 Å². The molecule has 1 saturated heterocycles. The van der Waals surface area contributed by atoms with Gasteiger partial charge in [-0.05, 0) is 26.7 Å². The fourth-order valence-corrected chi connectivity index (χ4v) is 2.10. The van der Waals surface area contributed by atoms with Crippen LogP contribution >= 0.6 is 0 Å². The first kappa shape index (κ1) is 9.40. The zero-order valence-electron chi connectivity index (χ0n) is 7.93. The minimum atomic E-state index is -0.805. The summed E-state index contributed by atoms with van der Waals surface area (Å²) >= 11 is 0. The summed E-state index contributed by atoms with van der Waals surface area (Å²) in [5, 5.41) is 19.0. The third kappa shape index (κ3) is 1.59. The van der Waals surface area contributed by atoms with E-state index in [1.54, 1.807) is 0 Å². The minimum Gasteiger partial charge on any atom is -0.390 e. The van der Waals surface area contributed by atoms with Crippen molar-refractivity contribution < 1.29 is 19.7 Å². The van der Waals surface area contributed by atoms with Gasteiger partial charge in [0.15, 0.2) is 5.79 Å². The highest BCUT2D eigenvalue weighted by Crippen LogP contribution is 2.36. The van der Waals surface area contributed by atoms with E-state index in [0.29, 0.717) is 6.42 Å². The highest BCUT2D eigenvalue weighted by atomic mass is 16.8. The molecule has 1 aliphatic carbocycles. The van der Waals surface area contributed by atoms with Crippen molar-refractivity contribution in [3.05, 3.63) is 0 Å². The second-order valence-electron chi connectivity index (χ2n) is 4.27. The van der Waals surface area contributed by atoms with Crippen molar-refractivity contribution in [2.24, 2.45) is 0 Å². The molecule has 2 fully saturated rings. The molecule has 2 rings (SSSR count). The maximum atomic E-state index is 9.63. The molecule has 76 valence electrons. The van der Waals surface area contributed by atoms with Gasteiger partial charge in [0.05, 0.1) is 12.2 Å². The van der Waals surface area contributed by atoms with E-state index in [1.807, 2.05) is 13.8 Å². The first-order valence-corrected chi connectivity index (χ1v) is 4.71. The van der Waals surface area contributed by atoms with E-state index in [0.717, 1.165) is 6.42 Å². The fourth-order valence-electron chi connectivity index (χ4n) is 2.10. The zero-order valence-corrected chi connectivity index (χ0v) is 7.93. The maximum absolute atomic E-state index is 9.63. The predicted molar refractivity (Wildman–Crippen MR) is 45.1 cm³/mol. The van der Waals surface area contributed by atoms with Gasteiger partial charge < -0.3 is 19.7 Å². The molecule has 2 aliphatic rings. The Labute approximate surface area is 77.5 Å². The molecule has 1 heterocycles. The molecule has 0 aromatic carbocycles. The Hall–Kier alpha value is -0.160. The molecule has 0 amide bonds. The molecule has 2 N–H and O–H groups in total. The average Bonchev–Trinajstić information content (AvgIpc) is 2.34. The van der Waals surface area contributed by atoms with Crippen molar-refractivity contribution >= 4 is 0 Å². The lowest BCUT2D eigenvalue weighted by Gasteiger charge is -2.31. The quantitative estimate of drug-likeness (QED) is 0.562. The molecule has 0 radical (unpaired) electrons. The molecule has 0 aromatic heterocycles. The van der Waals surface area contributed by atoms with E-state index >= 15 is 0 Å². The van der Waals surface area contributed by atoms with Crippen molar-refractivity contribution in [2.75, 3.05) is 0 Å². The topological polar surface area (TPSA) is 58.9 Å². The van der Waals surface area contributed by atoms with Crippen LogP contribution < -0.4 is 0 Å². The smallest absolute Gasteiger partial charge is 0.163 e. The van der Waals surface area contributed by atoms with Crippen LogP contribution in [0.15, 0.2) is 0 Å². The molecule has 0 aromatic rings. The Morgan fingerprint density at radius 1 is 1.15 bits per heavy atom. The normalized spacial score (nSPS) is 48.9. The standard InChI is InChI=1S/C9H16O4/c1-9(2)12-6-4-3-5(10)7(11)8(6)13-9/h5-8,10-11H,3-4H2,1-2H3. The van der Waals surface area contributed by atoms with Crippen LogP contribution in [0.1, 0.15) is 26.7 Å². The SMILES string of the molecule is CC1(C)OC2CCC(O)C(O)C2O1. The summed E-state index contributed by atoms with van der Waals surface area (Å²) in [5.74, 6) is -0.625. The van der Waals surface area contributed by atoms with Crippen LogP contribution in [0, 0.1) is 0 Å². The van der Waals surface area contributed by atoms with Gasteiger partial charge in [0.2, 0.25) is 0 Å². The van der Waals surface area contributed by atoms with Gasteiger partial charge in [-0.3, -0.25) is 0 Å². The van der Waals surface area contributed by atoms with Gasteiger partial charge in [-0.2, -0.15) is 0 Å². The van der Waals surface area contributed by atoms with Crippen LogP contribution in [0.4, 0.5) is 0 Å². The van der Waals surface area contributed by atoms with Crippen LogP contribution in [0.2, 0.25) is 0 Å². The van der Waals surface area contributed by atoms with Gasteiger partial charge in [0.1, 0.15) is 12.2 Å². The highest BCUT2D eigenvalue weighted by molar-refractivity contribution is 4.94. The number of aliphatic hydroxyl groups excluding tert-OH is 2. The summed E-state index contributed by atoms with van der Waals surface area (Å²) in [6.45, 7) is 3.65. The Bertz CT molecular complexity index is 204. The molecule has 4 nitrogen and oxygen atoms in total. The summed E-state index contributed by atoms with van der Waals surface area (Å²) in [4.78, 5) is 0. The van der Waals surface area contributed by atoms with E-state index in [2.05, 4.69) is 0 Å². The number of hydrogen-bond donors (Lipinski definition) is 2. The van der Waals surface area contributed by atoms with E-state index < -0.39 is 18.0 Å². The number of fused-ring (bicyclic) bond motifs is 1. The second-order valence-corrected chi connectivity index (χ2v) is 4.27. The molecule has 13 heavy (non-hydrogen) atoms. The van der Waals surface area contributed by atoms with Gasteiger partial charge in [0, 0.05) is 0 Å². The average molecular weight is 188 g/mol. The van der Waals surface area contributed by atoms with Crippen LogP contribution in [0.3, 0.4) is 0 Å². The van der Waals surface area contributed by atoms with E-state index in [9.17, 15) is 10.2 Å². The van der Waals surface area contributed by atoms with Crippen molar-refractivity contribution in [3.8, 4) is 0 Å². The molecule has 1 aliphatic heterocycles. The minimum absolute atomic E-state index is 0.0617. The first-order chi connectivity index (χ1) is 5.99. The maximum Gasteiger partial charge on any atom is 0.163 e. The van der Waals surface area contributed by atoms with E-state index in [1.165, 1.54) is 0 Å². The van der Waals surface area contributed by atoms with Crippen LogP contribution in [0.25, 0.3) is 0 Å². The summed E-state index contributed by atoms with van der Waals surface area (Å²) < 4.78 is 11.1. The molecular formula is C9H16O4. The fraction of sp³-hybridized carbons (Fsp3) is 1.00. The Balaban J connectivity index is 2.11. The van der Waals surface area contributed by atoms with E-state index in [4.69, 9.17) is 9.47 Å². The lowest BCUT2D eigenvalue weighted by Crippen LogP contribution is -2.47. The number of hydrogen-bond acceptors (Lipinski definition) is 4. The summed E-state index contributed by atoms with van der Waals surface area (Å²) in [6.07, 6.45) is -0.555.